The van der Waals surface area contributed by atoms with E-state index in [9.17, 15) is 0 Å². The van der Waals surface area contributed by atoms with Crippen molar-refractivity contribution in [2.24, 2.45) is 0 Å². The van der Waals surface area contributed by atoms with E-state index in [1.807, 2.05) is 25.1 Å². The monoisotopic (exact) mass is 329 g/mol. The van der Waals surface area contributed by atoms with E-state index in [-0.39, 0.29) is 18.2 Å². The Morgan fingerprint density at radius 3 is 2.79 bits per heavy atom. The molecule has 2 rings (SSSR count). The number of methoxy groups -OCH3 is 2. The first kappa shape index (κ1) is 14.6. The third-order valence-electron chi connectivity index (χ3n) is 3.40. The Morgan fingerprint density at radius 1 is 1.37 bits per heavy atom. The molecule has 3 unspecified atom stereocenters. The zero-order valence-corrected chi connectivity index (χ0v) is 13.1. The van der Waals surface area contributed by atoms with Gasteiger partial charge in [-0.1, -0.05) is 15.9 Å². The van der Waals surface area contributed by atoms with Crippen LogP contribution in [0.3, 0.4) is 0 Å². The van der Waals surface area contributed by atoms with Crippen LogP contribution in [-0.4, -0.2) is 39.1 Å². The molecule has 0 radical (unpaired) electrons. The minimum atomic E-state index is 0.0867. The van der Waals surface area contributed by atoms with E-state index in [0.717, 1.165) is 28.9 Å². The molecule has 1 aromatic carbocycles. The van der Waals surface area contributed by atoms with Gasteiger partial charge in [-0.2, -0.15) is 0 Å². The maximum absolute atomic E-state index is 5.62. The predicted molar refractivity (Wildman–Crippen MR) is 78.9 cm³/mol. The number of anilines is 1. The molecular weight excluding hydrogens is 310 g/mol. The van der Waals surface area contributed by atoms with Crippen LogP contribution in [0.25, 0.3) is 0 Å². The van der Waals surface area contributed by atoms with Crippen molar-refractivity contribution in [1.82, 2.24) is 0 Å². The minimum Gasteiger partial charge on any atom is -0.495 e. The largest absolute Gasteiger partial charge is 0.495 e. The Hall–Kier alpha value is -0.780. The molecule has 106 valence electrons. The van der Waals surface area contributed by atoms with Crippen molar-refractivity contribution in [3.63, 3.8) is 0 Å². The molecule has 1 aromatic rings. The third-order valence-corrected chi connectivity index (χ3v) is 3.90. The lowest BCUT2D eigenvalue weighted by atomic mass is 9.85. The van der Waals surface area contributed by atoms with Crippen LogP contribution in [0.1, 0.15) is 13.3 Å². The van der Waals surface area contributed by atoms with Crippen LogP contribution in [0.2, 0.25) is 0 Å². The molecule has 0 spiro atoms. The van der Waals surface area contributed by atoms with Crippen LogP contribution in [0.5, 0.6) is 5.75 Å². The van der Waals surface area contributed by atoms with Crippen LogP contribution in [-0.2, 0) is 9.47 Å². The fourth-order valence-corrected chi connectivity index (χ4v) is 2.77. The number of hydrogen-bond donors (Lipinski definition) is 1. The van der Waals surface area contributed by atoms with E-state index in [1.54, 1.807) is 14.2 Å². The van der Waals surface area contributed by atoms with Crippen molar-refractivity contribution in [2.45, 2.75) is 31.6 Å². The van der Waals surface area contributed by atoms with Crippen molar-refractivity contribution in [2.75, 3.05) is 26.1 Å². The molecule has 1 N–H and O–H groups in total. The molecule has 19 heavy (non-hydrogen) atoms. The molecule has 4 nitrogen and oxygen atoms in total. The Labute approximate surface area is 122 Å². The zero-order valence-electron chi connectivity index (χ0n) is 11.5. The van der Waals surface area contributed by atoms with Gasteiger partial charge in [-0.05, 0) is 31.5 Å². The minimum absolute atomic E-state index is 0.0867. The molecule has 0 amide bonds. The molecule has 0 saturated heterocycles. The first-order chi connectivity index (χ1) is 9.19. The average molecular weight is 330 g/mol. The van der Waals surface area contributed by atoms with E-state index in [0.29, 0.717) is 0 Å². The fourth-order valence-electron chi connectivity index (χ4n) is 2.41. The van der Waals surface area contributed by atoms with Gasteiger partial charge in [0.15, 0.2) is 0 Å². The Kier molecular flexibility index (Phi) is 5.07. The second-order valence-corrected chi connectivity index (χ2v) is 5.44. The SMILES string of the molecule is CCOC1CC(Nc2cc(Br)ccc2OC)C1OC. The topological polar surface area (TPSA) is 39.7 Å². The Bertz CT molecular complexity index is 427. The Morgan fingerprint density at radius 2 is 2.16 bits per heavy atom. The molecule has 0 heterocycles. The number of rotatable bonds is 6. The van der Waals surface area contributed by atoms with Gasteiger partial charge in [0, 0.05) is 18.2 Å². The highest BCUT2D eigenvalue weighted by atomic mass is 79.9. The summed E-state index contributed by atoms with van der Waals surface area (Å²) in [7, 11) is 3.40. The van der Waals surface area contributed by atoms with Crippen LogP contribution >= 0.6 is 15.9 Å². The third kappa shape index (κ3) is 3.22. The van der Waals surface area contributed by atoms with Gasteiger partial charge in [0.05, 0.1) is 24.9 Å². The smallest absolute Gasteiger partial charge is 0.142 e. The molecule has 1 saturated carbocycles. The summed E-state index contributed by atoms with van der Waals surface area (Å²) in [5.74, 6) is 0.831. The highest BCUT2D eigenvalue weighted by Crippen LogP contribution is 2.34. The fraction of sp³-hybridized carbons (Fsp3) is 0.571. The van der Waals surface area contributed by atoms with Gasteiger partial charge in [0.1, 0.15) is 11.9 Å². The van der Waals surface area contributed by atoms with Gasteiger partial charge in [-0.25, -0.2) is 0 Å². The summed E-state index contributed by atoms with van der Waals surface area (Å²) < 4.78 is 17.5. The highest BCUT2D eigenvalue weighted by Gasteiger charge is 2.42. The summed E-state index contributed by atoms with van der Waals surface area (Å²) in [6.45, 7) is 2.72. The zero-order chi connectivity index (χ0) is 13.8. The van der Waals surface area contributed by atoms with Crippen molar-refractivity contribution in [3.05, 3.63) is 22.7 Å². The van der Waals surface area contributed by atoms with Gasteiger partial charge < -0.3 is 19.5 Å². The van der Waals surface area contributed by atoms with E-state index in [1.165, 1.54) is 0 Å². The van der Waals surface area contributed by atoms with Gasteiger partial charge in [0.2, 0.25) is 0 Å². The quantitative estimate of drug-likeness (QED) is 0.870. The Balaban J connectivity index is 2.04. The standard InChI is InChI=1S/C14H20BrNO3/c1-4-19-13-8-11(14(13)18-3)16-10-7-9(15)5-6-12(10)17-2/h5-7,11,13-14,16H,4,8H2,1-3H3. The van der Waals surface area contributed by atoms with E-state index in [4.69, 9.17) is 14.2 Å². The van der Waals surface area contributed by atoms with E-state index >= 15 is 0 Å². The van der Waals surface area contributed by atoms with Crippen LogP contribution in [0.15, 0.2) is 22.7 Å². The van der Waals surface area contributed by atoms with Gasteiger partial charge in [-0.15, -0.1) is 0 Å². The molecular formula is C14H20BrNO3. The predicted octanol–water partition coefficient (Wildman–Crippen LogP) is 3.06. The first-order valence-electron chi connectivity index (χ1n) is 6.44. The summed E-state index contributed by atoms with van der Waals surface area (Å²) in [5.41, 5.74) is 0.971. The van der Waals surface area contributed by atoms with Gasteiger partial charge in [-0.3, -0.25) is 0 Å². The summed E-state index contributed by atoms with van der Waals surface area (Å²) in [6, 6.07) is 6.17. The summed E-state index contributed by atoms with van der Waals surface area (Å²) >= 11 is 3.47. The van der Waals surface area contributed by atoms with E-state index in [2.05, 4.69) is 21.2 Å². The number of benzene rings is 1. The van der Waals surface area contributed by atoms with Crippen LogP contribution < -0.4 is 10.1 Å². The van der Waals surface area contributed by atoms with E-state index < -0.39 is 0 Å². The molecule has 5 heteroatoms. The maximum atomic E-state index is 5.62. The second-order valence-electron chi connectivity index (χ2n) is 4.53. The number of hydrogen-bond acceptors (Lipinski definition) is 4. The maximum Gasteiger partial charge on any atom is 0.142 e. The first-order valence-corrected chi connectivity index (χ1v) is 7.23. The second kappa shape index (κ2) is 6.59. The number of nitrogens with one attached hydrogen (secondary N) is 1. The lowest BCUT2D eigenvalue weighted by Crippen LogP contribution is -2.56. The molecule has 0 bridgehead atoms. The van der Waals surface area contributed by atoms with Gasteiger partial charge in [0.25, 0.3) is 0 Å². The number of halogens is 1. The summed E-state index contributed by atoms with van der Waals surface area (Å²) in [5, 5.41) is 3.47. The summed E-state index contributed by atoms with van der Waals surface area (Å²) in [4.78, 5) is 0. The molecule has 3 atom stereocenters. The molecule has 1 fully saturated rings. The van der Waals surface area contributed by atoms with Crippen molar-refractivity contribution in [1.29, 1.82) is 0 Å². The molecule has 0 aliphatic heterocycles. The van der Waals surface area contributed by atoms with Crippen LogP contribution in [0, 0.1) is 0 Å². The summed E-state index contributed by atoms with van der Waals surface area (Å²) in [6.07, 6.45) is 1.22. The average Bonchev–Trinajstić information content (AvgIpc) is 2.38. The molecule has 0 aromatic heterocycles. The van der Waals surface area contributed by atoms with Crippen molar-refractivity contribution in [3.8, 4) is 5.75 Å². The lowest BCUT2D eigenvalue weighted by molar-refractivity contribution is -0.118. The van der Waals surface area contributed by atoms with Crippen LogP contribution in [0.4, 0.5) is 5.69 Å². The lowest BCUT2D eigenvalue weighted by Gasteiger charge is -2.43. The highest BCUT2D eigenvalue weighted by molar-refractivity contribution is 9.10. The number of ether oxygens (including phenoxy) is 3. The van der Waals surface area contributed by atoms with Gasteiger partial charge >= 0.3 is 0 Å². The van der Waals surface area contributed by atoms with Crippen molar-refractivity contribution >= 4 is 21.6 Å². The normalized spacial score (nSPS) is 25.8. The molecule has 1 aliphatic carbocycles. The molecule has 1 aliphatic rings. The van der Waals surface area contributed by atoms with Crippen molar-refractivity contribution < 1.29 is 14.2 Å².